The van der Waals surface area contributed by atoms with Crippen molar-refractivity contribution in [1.29, 1.82) is 0 Å². The first kappa shape index (κ1) is 15.1. The molecule has 0 bridgehead atoms. The second kappa shape index (κ2) is 8.30. The highest BCUT2D eigenvalue weighted by Gasteiger charge is 2.16. The minimum Gasteiger partial charge on any atom is -0.466 e. The third-order valence-electron chi connectivity index (χ3n) is 1.17. The Morgan fingerprint density at radius 2 is 1.93 bits per heavy atom. The third-order valence-corrected chi connectivity index (χ3v) is 6.01. The second-order valence-corrected chi connectivity index (χ2v) is 8.32. The number of hydrogen-bond acceptors (Lipinski definition) is 6. The van der Waals surface area contributed by atoms with Crippen molar-refractivity contribution in [1.82, 2.24) is 0 Å². The monoisotopic (exact) mass is 270 g/mol. The number of methoxy groups -OCH3 is 1. The van der Waals surface area contributed by atoms with Crippen LogP contribution in [-0.2, 0) is 30.4 Å². The summed E-state index contributed by atoms with van der Waals surface area (Å²) >= 11 is 6.43. The van der Waals surface area contributed by atoms with Crippen LogP contribution in [-0.4, -0.2) is 26.3 Å². The van der Waals surface area contributed by atoms with Gasteiger partial charge in [0.05, 0.1) is 20.3 Å². The molecule has 0 aliphatic carbocycles. The highest BCUT2D eigenvalue weighted by molar-refractivity contribution is 8.69. The van der Waals surface area contributed by atoms with Crippen LogP contribution in [0.5, 0.6) is 0 Å². The lowest BCUT2D eigenvalue weighted by atomic mass is 10.7. The number of hydrogen-bond donors (Lipinski definition) is 0. The van der Waals surface area contributed by atoms with Crippen LogP contribution < -0.4 is 0 Å². The van der Waals surface area contributed by atoms with Crippen molar-refractivity contribution in [2.45, 2.75) is 13.8 Å². The summed E-state index contributed by atoms with van der Waals surface area (Å²) in [6.45, 7) is 4.70. The van der Waals surface area contributed by atoms with E-state index in [0.717, 1.165) is 0 Å². The quantitative estimate of drug-likeness (QED) is 0.402. The van der Waals surface area contributed by atoms with Gasteiger partial charge in [0.15, 0.2) is 0 Å². The summed E-state index contributed by atoms with van der Waals surface area (Å²) in [4.78, 5) is 10.8. The van der Waals surface area contributed by atoms with Crippen molar-refractivity contribution in [3.63, 3.8) is 0 Å². The molecular weight excluding hydrogens is 255 g/mol. The minimum atomic E-state index is -2.33. The van der Waals surface area contributed by atoms with Gasteiger partial charge in [-0.2, -0.15) is 0 Å². The molecular formula is C8H15O4PS2. The molecule has 0 aliphatic heterocycles. The molecule has 0 aliphatic rings. The lowest BCUT2D eigenvalue weighted by Gasteiger charge is -2.17. The largest absolute Gasteiger partial charge is 0.466 e. The van der Waals surface area contributed by atoms with Crippen LogP contribution in [0.4, 0.5) is 0 Å². The van der Waals surface area contributed by atoms with Crippen molar-refractivity contribution < 1.29 is 18.6 Å². The van der Waals surface area contributed by atoms with Gasteiger partial charge in [0.25, 0.3) is 5.69 Å². The van der Waals surface area contributed by atoms with Crippen LogP contribution in [0.2, 0.25) is 0 Å². The van der Waals surface area contributed by atoms with Gasteiger partial charge < -0.3 is 13.8 Å². The molecule has 0 heterocycles. The molecule has 0 amide bonds. The molecule has 0 unspecified atom stereocenters. The van der Waals surface area contributed by atoms with E-state index in [2.05, 4.69) is 4.74 Å². The summed E-state index contributed by atoms with van der Waals surface area (Å²) in [5.74, 6) is -0.419. The van der Waals surface area contributed by atoms with Crippen LogP contribution in [0.3, 0.4) is 0 Å². The highest BCUT2D eigenvalue weighted by Crippen LogP contribution is 2.61. The third kappa shape index (κ3) is 7.09. The summed E-state index contributed by atoms with van der Waals surface area (Å²) < 4.78 is 15.1. The maximum atomic E-state index is 10.8. The van der Waals surface area contributed by atoms with Crippen LogP contribution in [0.15, 0.2) is 11.5 Å². The molecule has 15 heavy (non-hydrogen) atoms. The molecule has 4 nitrogen and oxygen atoms in total. The summed E-state index contributed by atoms with van der Waals surface area (Å²) in [6.07, 6.45) is 1.30. The van der Waals surface area contributed by atoms with Crippen LogP contribution in [0, 0.1) is 0 Å². The molecule has 0 saturated heterocycles. The Kier molecular flexibility index (Phi) is 8.37. The lowest BCUT2D eigenvalue weighted by molar-refractivity contribution is -0.134. The fraction of sp³-hybridized carbons (Fsp3) is 0.625. The number of carbonyl (C=O) groups excluding carboxylic acids is 1. The zero-order chi connectivity index (χ0) is 11.7. The SMILES string of the molecule is CCOP(=S)(OCC)S/C=C\C(=O)OC. The van der Waals surface area contributed by atoms with Crippen molar-refractivity contribution in [2.24, 2.45) is 0 Å². The van der Waals surface area contributed by atoms with Gasteiger partial charge in [-0.1, -0.05) is 0 Å². The normalized spacial score (nSPS) is 11.9. The molecule has 0 fully saturated rings. The average molecular weight is 270 g/mol. The molecule has 0 rings (SSSR count). The molecule has 0 N–H and O–H groups in total. The molecule has 0 saturated carbocycles. The van der Waals surface area contributed by atoms with E-state index in [1.807, 2.05) is 13.8 Å². The summed E-state index contributed by atoms with van der Waals surface area (Å²) in [6, 6.07) is 0. The Bertz CT molecular complexity index is 257. The predicted molar refractivity (Wildman–Crippen MR) is 66.3 cm³/mol. The van der Waals surface area contributed by atoms with E-state index in [1.165, 1.54) is 24.6 Å². The van der Waals surface area contributed by atoms with Gasteiger partial charge >= 0.3 is 5.97 Å². The van der Waals surface area contributed by atoms with E-state index >= 15 is 0 Å². The fourth-order valence-electron chi connectivity index (χ4n) is 0.643. The Balaban J connectivity index is 4.23. The highest BCUT2D eigenvalue weighted by atomic mass is 32.9. The van der Waals surface area contributed by atoms with Gasteiger partial charge in [-0.15, -0.1) is 0 Å². The van der Waals surface area contributed by atoms with Gasteiger partial charge in [-0.25, -0.2) is 4.79 Å². The number of esters is 1. The summed E-state index contributed by atoms with van der Waals surface area (Å²) in [7, 11) is 1.32. The Morgan fingerprint density at radius 1 is 1.40 bits per heavy atom. The van der Waals surface area contributed by atoms with E-state index in [4.69, 9.17) is 20.9 Å². The molecule has 0 spiro atoms. The Labute approximate surface area is 99.3 Å². The molecule has 0 aromatic rings. The second-order valence-electron chi connectivity index (χ2n) is 2.21. The van der Waals surface area contributed by atoms with Crippen molar-refractivity contribution in [3.8, 4) is 0 Å². The van der Waals surface area contributed by atoms with Crippen LogP contribution in [0.1, 0.15) is 13.8 Å². The van der Waals surface area contributed by atoms with Gasteiger partial charge in [-0.3, -0.25) is 0 Å². The standard InChI is InChI=1S/C8H15O4PS2/c1-4-11-13(14,12-5-2)15-7-6-8(9)10-3/h6-7H,4-5H2,1-3H3/b7-6-. The van der Waals surface area contributed by atoms with E-state index in [1.54, 1.807) is 5.41 Å². The molecule has 0 radical (unpaired) electrons. The minimum absolute atomic E-state index is 0.419. The van der Waals surface area contributed by atoms with E-state index in [0.29, 0.717) is 13.2 Å². The first-order valence-electron chi connectivity index (χ1n) is 4.40. The van der Waals surface area contributed by atoms with Crippen molar-refractivity contribution >= 4 is 34.9 Å². The van der Waals surface area contributed by atoms with E-state index in [9.17, 15) is 4.79 Å². The maximum Gasteiger partial charge on any atom is 0.331 e. The zero-order valence-electron chi connectivity index (χ0n) is 8.97. The van der Waals surface area contributed by atoms with Crippen molar-refractivity contribution in [3.05, 3.63) is 11.5 Å². The fourth-order valence-corrected chi connectivity index (χ4v) is 4.50. The first-order valence-corrected chi connectivity index (χ1v) is 8.52. The molecule has 0 atom stereocenters. The summed E-state index contributed by atoms with van der Waals surface area (Å²) in [5, 5.41) is 1.55. The molecule has 7 heteroatoms. The first-order chi connectivity index (χ1) is 7.08. The number of carbonyl (C=O) groups is 1. The van der Waals surface area contributed by atoms with Gasteiger partial charge in [0.2, 0.25) is 0 Å². The van der Waals surface area contributed by atoms with E-state index in [-0.39, 0.29) is 0 Å². The van der Waals surface area contributed by atoms with Gasteiger partial charge in [0, 0.05) is 6.08 Å². The maximum absolute atomic E-state index is 10.8. The smallest absolute Gasteiger partial charge is 0.331 e. The Morgan fingerprint density at radius 3 is 2.33 bits per heavy atom. The number of rotatable bonds is 7. The Hall–Kier alpha value is 0.130. The predicted octanol–water partition coefficient (Wildman–Crippen LogP) is 2.70. The van der Waals surface area contributed by atoms with Crippen LogP contribution in [0.25, 0.3) is 0 Å². The number of ether oxygens (including phenoxy) is 1. The van der Waals surface area contributed by atoms with Gasteiger partial charge in [0.1, 0.15) is 0 Å². The van der Waals surface area contributed by atoms with Crippen LogP contribution >= 0.6 is 17.1 Å². The van der Waals surface area contributed by atoms with Gasteiger partial charge in [-0.05, 0) is 42.4 Å². The summed E-state index contributed by atoms with van der Waals surface area (Å²) in [5.41, 5.74) is -2.33. The molecule has 0 aromatic heterocycles. The topological polar surface area (TPSA) is 44.8 Å². The molecule has 0 aromatic carbocycles. The van der Waals surface area contributed by atoms with E-state index < -0.39 is 11.7 Å². The zero-order valence-corrected chi connectivity index (χ0v) is 11.5. The van der Waals surface area contributed by atoms with Crippen molar-refractivity contribution in [2.75, 3.05) is 20.3 Å². The lowest BCUT2D eigenvalue weighted by Crippen LogP contribution is -1.93. The molecule has 88 valence electrons. The average Bonchev–Trinajstić information content (AvgIpc) is 2.18.